The van der Waals surface area contributed by atoms with Crippen LogP contribution in [0.3, 0.4) is 0 Å². The van der Waals surface area contributed by atoms with Crippen LogP contribution in [-0.4, -0.2) is 18.4 Å². The summed E-state index contributed by atoms with van der Waals surface area (Å²) in [5.41, 5.74) is 1.20. The fraction of sp³-hybridized carbons (Fsp3) is 0.125. The van der Waals surface area contributed by atoms with E-state index >= 15 is 0 Å². The number of hydrogen-bond donors (Lipinski definition) is 0. The SMILES string of the molecule is CCOc1c(Cl)cc(N2C(=O)c3ccccc3C2=O)cc1Br. The first kappa shape index (κ1) is 15.1. The van der Waals surface area contributed by atoms with Crippen LogP contribution in [-0.2, 0) is 0 Å². The highest BCUT2D eigenvalue weighted by Gasteiger charge is 2.36. The Hall–Kier alpha value is -1.85. The largest absolute Gasteiger partial charge is 0.491 e. The molecule has 0 spiro atoms. The van der Waals surface area contributed by atoms with E-state index in [0.717, 1.165) is 4.90 Å². The smallest absolute Gasteiger partial charge is 0.266 e. The lowest BCUT2D eigenvalue weighted by Crippen LogP contribution is -2.29. The molecule has 0 N–H and O–H groups in total. The highest BCUT2D eigenvalue weighted by atomic mass is 79.9. The number of anilines is 1. The van der Waals surface area contributed by atoms with Gasteiger partial charge in [-0.2, -0.15) is 0 Å². The second-order valence-electron chi connectivity index (χ2n) is 4.66. The zero-order valence-electron chi connectivity index (χ0n) is 11.6. The molecule has 112 valence electrons. The van der Waals surface area contributed by atoms with Crippen LogP contribution in [0.5, 0.6) is 5.75 Å². The third-order valence-electron chi connectivity index (χ3n) is 3.32. The van der Waals surface area contributed by atoms with Crippen molar-refractivity contribution in [1.29, 1.82) is 0 Å². The summed E-state index contributed by atoms with van der Waals surface area (Å²) in [6.45, 7) is 2.31. The summed E-state index contributed by atoms with van der Waals surface area (Å²) in [5.74, 6) is -0.218. The fourth-order valence-corrected chi connectivity index (χ4v) is 3.33. The molecule has 6 heteroatoms. The molecule has 0 atom stereocenters. The zero-order valence-corrected chi connectivity index (χ0v) is 13.9. The molecule has 4 nitrogen and oxygen atoms in total. The monoisotopic (exact) mass is 379 g/mol. The average molecular weight is 381 g/mol. The van der Waals surface area contributed by atoms with Crippen molar-refractivity contribution < 1.29 is 14.3 Å². The maximum Gasteiger partial charge on any atom is 0.266 e. The molecule has 2 aromatic carbocycles. The first-order valence-corrected chi connectivity index (χ1v) is 7.81. The molecule has 0 aromatic heterocycles. The third kappa shape index (κ3) is 2.30. The van der Waals surface area contributed by atoms with Crippen LogP contribution in [0.4, 0.5) is 5.69 Å². The van der Waals surface area contributed by atoms with Gasteiger partial charge in [0.05, 0.1) is 32.9 Å². The summed E-state index contributed by atoms with van der Waals surface area (Å²) < 4.78 is 6.02. The van der Waals surface area contributed by atoms with Gasteiger partial charge in [0.1, 0.15) is 0 Å². The fourth-order valence-electron chi connectivity index (χ4n) is 2.38. The number of hydrogen-bond acceptors (Lipinski definition) is 3. The van der Waals surface area contributed by atoms with E-state index in [4.69, 9.17) is 16.3 Å². The van der Waals surface area contributed by atoms with Crippen LogP contribution in [0.25, 0.3) is 0 Å². The van der Waals surface area contributed by atoms with Crippen LogP contribution in [0.2, 0.25) is 5.02 Å². The van der Waals surface area contributed by atoms with Crippen LogP contribution < -0.4 is 9.64 Å². The Balaban J connectivity index is 2.07. The molecule has 0 aliphatic carbocycles. The number of carbonyl (C=O) groups is 2. The summed E-state index contributed by atoms with van der Waals surface area (Å²) in [6, 6.07) is 9.95. The van der Waals surface area contributed by atoms with E-state index in [-0.39, 0.29) is 11.8 Å². The quantitative estimate of drug-likeness (QED) is 0.746. The average Bonchev–Trinajstić information content (AvgIpc) is 2.75. The van der Waals surface area contributed by atoms with Crippen molar-refractivity contribution in [2.75, 3.05) is 11.5 Å². The Morgan fingerprint density at radius 1 is 1.14 bits per heavy atom. The number of carbonyl (C=O) groups excluding carboxylic acids is 2. The number of ether oxygens (including phenoxy) is 1. The van der Waals surface area contributed by atoms with E-state index in [9.17, 15) is 9.59 Å². The van der Waals surface area contributed by atoms with Gasteiger partial charge in [-0.25, -0.2) is 4.90 Å². The number of fused-ring (bicyclic) bond motifs is 1. The maximum absolute atomic E-state index is 12.5. The molecule has 0 unspecified atom stereocenters. The lowest BCUT2D eigenvalue weighted by Gasteiger charge is -2.17. The molecule has 2 amide bonds. The van der Waals surface area contributed by atoms with Gasteiger partial charge < -0.3 is 4.74 Å². The van der Waals surface area contributed by atoms with Gasteiger partial charge in [0.15, 0.2) is 5.75 Å². The lowest BCUT2D eigenvalue weighted by atomic mass is 10.1. The number of imide groups is 1. The van der Waals surface area contributed by atoms with Crippen molar-refractivity contribution in [3.05, 3.63) is 57.0 Å². The summed E-state index contributed by atoms with van der Waals surface area (Å²) in [7, 11) is 0. The van der Waals surface area contributed by atoms with Gasteiger partial charge in [0.25, 0.3) is 11.8 Å². The van der Waals surface area contributed by atoms with E-state index in [1.54, 1.807) is 36.4 Å². The first-order valence-electron chi connectivity index (χ1n) is 6.64. The third-order valence-corrected chi connectivity index (χ3v) is 4.19. The minimum absolute atomic E-state index is 0.336. The highest BCUT2D eigenvalue weighted by molar-refractivity contribution is 9.10. The first-order chi connectivity index (χ1) is 10.5. The van der Waals surface area contributed by atoms with Gasteiger partial charge in [-0.05, 0) is 47.1 Å². The summed E-state index contributed by atoms with van der Waals surface area (Å²) in [5, 5.41) is 0.336. The molecule has 3 rings (SSSR count). The van der Waals surface area contributed by atoms with Gasteiger partial charge in [-0.15, -0.1) is 0 Å². The standard InChI is InChI=1S/C16H11BrClNO3/c1-2-22-14-12(17)7-9(8-13(14)18)19-15(20)10-5-3-4-6-11(10)16(19)21/h3-8H,2H2,1H3. The highest BCUT2D eigenvalue weighted by Crippen LogP contribution is 2.39. The number of amides is 2. The molecule has 2 aromatic rings. The molecule has 0 saturated heterocycles. The lowest BCUT2D eigenvalue weighted by molar-refractivity contribution is 0.0926. The number of nitrogens with zero attached hydrogens (tertiary/aromatic N) is 1. The van der Waals surface area contributed by atoms with Crippen molar-refractivity contribution in [3.8, 4) is 5.75 Å². The predicted molar refractivity (Wildman–Crippen MR) is 87.9 cm³/mol. The minimum Gasteiger partial charge on any atom is -0.491 e. The van der Waals surface area contributed by atoms with E-state index in [2.05, 4.69) is 15.9 Å². The second-order valence-corrected chi connectivity index (χ2v) is 5.92. The molecular formula is C16H11BrClNO3. The van der Waals surface area contributed by atoms with Crippen LogP contribution in [0.1, 0.15) is 27.6 Å². The number of halogens is 2. The van der Waals surface area contributed by atoms with E-state index in [1.165, 1.54) is 0 Å². The normalized spacial score (nSPS) is 13.5. The number of rotatable bonds is 3. The van der Waals surface area contributed by atoms with Crippen molar-refractivity contribution in [1.82, 2.24) is 0 Å². The molecule has 22 heavy (non-hydrogen) atoms. The van der Waals surface area contributed by atoms with Gasteiger partial charge in [0, 0.05) is 0 Å². The van der Waals surface area contributed by atoms with Gasteiger partial charge >= 0.3 is 0 Å². The molecule has 1 aliphatic rings. The zero-order chi connectivity index (χ0) is 15.9. The molecule has 1 aliphatic heterocycles. The minimum atomic E-state index is -0.354. The van der Waals surface area contributed by atoms with Gasteiger partial charge in [0.2, 0.25) is 0 Å². The van der Waals surface area contributed by atoms with Crippen molar-refractivity contribution >= 4 is 45.0 Å². The molecule has 0 bridgehead atoms. The summed E-state index contributed by atoms with van der Waals surface area (Å²) in [4.78, 5) is 26.0. The van der Waals surface area contributed by atoms with E-state index < -0.39 is 0 Å². The van der Waals surface area contributed by atoms with Crippen LogP contribution >= 0.6 is 27.5 Å². The molecule has 0 radical (unpaired) electrons. The van der Waals surface area contributed by atoms with Crippen molar-refractivity contribution in [3.63, 3.8) is 0 Å². The van der Waals surface area contributed by atoms with Gasteiger partial charge in [-0.1, -0.05) is 23.7 Å². The van der Waals surface area contributed by atoms with Crippen LogP contribution in [0.15, 0.2) is 40.9 Å². The van der Waals surface area contributed by atoms with E-state index in [1.807, 2.05) is 6.92 Å². The predicted octanol–water partition coefficient (Wildman–Crippen LogP) is 4.30. The Bertz CT molecular complexity index is 733. The summed E-state index contributed by atoms with van der Waals surface area (Å²) in [6.07, 6.45) is 0. The Labute approximate surface area is 140 Å². The van der Waals surface area contributed by atoms with Gasteiger partial charge in [-0.3, -0.25) is 9.59 Å². The van der Waals surface area contributed by atoms with Crippen LogP contribution in [0, 0.1) is 0 Å². The second kappa shape index (κ2) is 5.74. The summed E-state index contributed by atoms with van der Waals surface area (Å²) >= 11 is 9.56. The van der Waals surface area contributed by atoms with Crippen molar-refractivity contribution in [2.45, 2.75) is 6.92 Å². The molecular weight excluding hydrogens is 370 g/mol. The Morgan fingerprint density at radius 3 is 2.23 bits per heavy atom. The Morgan fingerprint density at radius 2 is 1.73 bits per heavy atom. The maximum atomic E-state index is 12.5. The molecule has 0 saturated carbocycles. The topological polar surface area (TPSA) is 46.6 Å². The number of benzene rings is 2. The molecule has 0 fully saturated rings. The van der Waals surface area contributed by atoms with E-state index in [0.29, 0.717) is 38.7 Å². The molecule has 1 heterocycles. The Kier molecular flexibility index (Phi) is 3.93. The van der Waals surface area contributed by atoms with Crippen molar-refractivity contribution in [2.24, 2.45) is 0 Å².